The highest BCUT2D eigenvalue weighted by molar-refractivity contribution is 5.87. The van der Waals surface area contributed by atoms with Crippen LogP contribution in [-0.4, -0.2) is 196 Å². The van der Waals surface area contributed by atoms with Crippen LogP contribution < -0.4 is 68.1 Å². The first kappa shape index (κ1) is 99.9. The van der Waals surface area contributed by atoms with Crippen molar-refractivity contribution in [1.82, 2.24) is 99.2 Å². The summed E-state index contributed by atoms with van der Waals surface area (Å²) in [6.45, 7) is 21.6. The molecule has 738 valence electrons. The fourth-order valence-electron chi connectivity index (χ4n) is 17.3. The lowest BCUT2D eigenvalue weighted by Crippen LogP contribution is -2.45. The van der Waals surface area contributed by atoms with E-state index in [1.807, 2.05) is 162 Å². The highest BCUT2D eigenvalue weighted by Gasteiger charge is 2.41. The summed E-state index contributed by atoms with van der Waals surface area (Å²) >= 11 is 0. The van der Waals surface area contributed by atoms with E-state index in [4.69, 9.17) is 57.8 Å². The molecule has 10 aromatic heterocycles. The molecule has 143 heavy (non-hydrogen) atoms. The Morgan fingerprint density at radius 1 is 0.350 bits per heavy atom. The van der Waals surface area contributed by atoms with Gasteiger partial charge in [-0.25, -0.2) is 19.9 Å². The van der Waals surface area contributed by atoms with Gasteiger partial charge < -0.3 is 72.7 Å². The first-order valence-electron chi connectivity index (χ1n) is 47.9. The van der Waals surface area contributed by atoms with Gasteiger partial charge >= 0.3 is 0 Å². The van der Waals surface area contributed by atoms with Crippen molar-refractivity contribution in [3.05, 3.63) is 275 Å². The van der Waals surface area contributed by atoms with Crippen LogP contribution in [0.1, 0.15) is 73.4 Å². The summed E-state index contributed by atoms with van der Waals surface area (Å²) < 4.78 is 53.8. The number of nitrogens with one attached hydrogen (secondary N) is 2. The maximum atomic E-state index is 5.61. The minimum atomic E-state index is 0.163. The second kappa shape index (κ2) is 45.9. The first-order chi connectivity index (χ1) is 69.3. The van der Waals surface area contributed by atoms with E-state index < -0.39 is 0 Å². The normalized spacial score (nSPS) is 13.1. The van der Waals surface area contributed by atoms with Crippen molar-refractivity contribution in [1.29, 1.82) is 0 Å². The van der Waals surface area contributed by atoms with Gasteiger partial charge in [-0.2, -0.15) is 20.4 Å². The Hall–Kier alpha value is -16.1. The van der Waals surface area contributed by atoms with Crippen LogP contribution in [0.3, 0.4) is 0 Å². The molecule has 0 spiro atoms. The molecule has 1 fully saturated rings. The van der Waals surface area contributed by atoms with E-state index in [2.05, 4.69) is 221 Å². The SMILES string of the molecule is COc1cc(OC)cc(N(CC(NC(C)C)C(C)C)c2ccc3ncc(-c4cnn(C)c4)nc3c2)c1.COc1cc(OC)cc(N(CCn2cccc2)c2ccc3ncc(-c4cnn(C)c4)nc3c2)c1.COc1cc(OC)cc(N(C[C@@H]2C[C@H]2c2ccccn2)c2ccc3ncc(-c4cnn(C)c4)nc3c2)c1.COc1cc(OC)cc(N(c2ccc3ncc(-c4cnn(C)c4)nc3c2)C(CNC(C)C)C(C)C)c1. The average molecular weight is 1920 g/mol. The molecule has 32 nitrogen and oxygen atoms in total. The van der Waals surface area contributed by atoms with Crippen molar-refractivity contribution in [3.63, 3.8) is 0 Å². The molecule has 0 saturated heterocycles. The number of methoxy groups -OCH3 is 8. The highest BCUT2D eigenvalue weighted by Crippen LogP contribution is 2.50. The zero-order valence-corrected chi connectivity index (χ0v) is 84.9. The van der Waals surface area contributed by atoms with Crippen LogP contribution in [0.25, 0.3) is 89.2 Å². The van der Waals surface area contributed by atoms with Gasteiger partial charge in [0.1, 0.15) is 46.0 Å². The van der Waals surface area contributed by atoms with E-state index in [0.29, 0.717) is 35.8 Å². The fourth-order valence-corrected chi connectivity index (χ4v) is 17.3. The van der Waals surface area contributed by atoms with Crippen LogP contribution in [0, 0.1) is 17.8 Å². The predicted octanol–water partition coefficient (Wildman–Crippen LogP) is 20.5. The molecule has 10 heterocycles. The maximum absolute atomic E-state index is 5.61. The molecule has 0 bridgehead atoms. The van der Waals surface area contributed by atoms with Gasteiger partial charge in [-0.3, -0.25) is 43.6 Å². The molecule has 19 rings (SSSR count). The van der Waals surface area contributed by atoms with Gasteiger partial charge in [0.2, 0.25) is 0 Å². The molecule has 2 unspecified atom stereocenters. The second-order valence-electron chi connectivity index (χ2n) is 36.7. The van der Waals surface area contributed by atoms with E-state index in [9.17, 15) is 0 Å². The Labute approximate surface area is 834 Å². The zero-order valence-electron chi connectivity index (χ0n) is 84.9. The van der Waals surface area contributed by atoms with E-state index in [1.54, 1.807) is 125 Å². The molecule has 1 saturated carbocycles. The molecule has 0 aliphatic heterocycles. The van der Waals surface area contributed by atoms with Crippen LogP contribution in [0.2, 0.25) is 0 Å². The first-order valence-corrected chi connectivity index (χ1v) is 47.9. The minimum absolute atomic E-state index is 0.163. The number of benzene rings is 8. The van der Waals surface area contributed by atoms with Gasteiger partial charge in [0, 0.05) is 281 Å². The predicted molar refractivity (Wildman–Crippen MR) is 566 cm³/mol. The lowest BCUT2D eigenvalue weighted by Gasteiger charge is -2.37. The van der Waals surface area contributed by atoms with Crippen LogP contribution in [0.4, 0.5) is 45.5 Å². The van der Waals surface area contributed by atoms with Crippen molar-refractivity contribution >= 4 is 89.6 Å². The Morgan fingerprint density at radius 2 is 0.706 bits per heavy atom. The maximum Gasteiger partial charge on any atom is 0.124 e. The number of ether oxygens (including phenoxy) is 8. The number of hydrogen-bond donors (Lipinski definition) is 2. The second-order valence-corrected chi connectivity index (χ2v) is 36.7. The summed E-state index contributed by atoms with van der Waals surface area (Å²) in [5, 5.41) is 24.4. The molecule has 1 aliphatic carbocycles. The Balaban J connectivity index is 0.000000137. The van der Waals surface area contributed by atoms with Gasteiger partial charge in [-0.05, 0) is 121 Å². The van der Waals surface area contributed by atoms with Crippen molar-refractivity contribution in [2.45, 2.75) is 98.4 Å². The molecular weight excluding hydrogens is 1800 g/mol. The molecule has 0 amide bonds. The van der Waals surface area contributed by atoms with Crippen LogP contribution in [0.15, 0.2) is 269 Å². The molecule has 8 aromatic carbocycles. The molecular formula is C111H126N24O8. The third-order valence-electron chi connectivity index (χ3n) is 25.1. The summed E-state index contributed by atoms with van der Waals surface area (Å²) in [6, 6.07) is 60.1. The highest BCUT2D eigenvalue weighted by atomic mass is 16.5. The van der Waals surface area contributed by atoms with Crippen molar-refractivity contribution in [3.8, 4) is 91.0 Å². The lowest BCUT2D eigenvalue weighted by molar-refractivity contribution is 0.375. The van der Waals surface area contributed by atoms with E-state index in [1.165, 1.54) is 0 Å². The number of anilines is 8. The van der Waals surface area contributed by atoms with E-state index >= 15 is 0 Å². The number of aryl methyl sites for hydroxylation is 4. The van der Waals surface area contributed by atoms with Gasteiger partial charge in [0.05, 0.1) is 173 Å². The molecule has 4 atom stereocenters. The third kappa shape index (κ3) is 24.9. The van der Waals surface area contributed by atoms with Crippen molar-refractivity contribution in [2.75, 3.05) is 103 Å². The number of nitrogens with zero attached hydrogens (tertiary/aromatic N) is 22. The Bertz CT molecular complexity index is 7220. The smallest absolute Gasteiger partial charge is 0.124 e. The number of pyridine rings is 1. The van der Waals surface area contributed by atoms with Crippen LogP contribution >= 0.6 is 0 Å². The van der Waals surface area contributed by atoms with E-state index in [-0.39, 0.29) is 12.1 Å². The van der Waals surface area contributed by atoms with Crippen molar-refractivity contribution < 1.29 is 37.9 Å². The van der Waals surface area contributed by atoms with Crippen molar-refractivity contribution in [2.24, 2.45) is 45.9 Å². The largest absolute Gasteiger partial charge is 0.497 e. The van der Waals surface area contributed by atoms with Crippen LogP contribution in [-0.2, 0) is 34.7 Å². The molecule has 2 N–H and O–H groups in total. The third-order valence-corrected chi connectivity index (χ3v) is 25.1. The van der Waals surface area contributed by atoms with E-state index in [0.717, 1.165) is 225 Å². The number of hydrogen-bond acceptors (Lipinski definition) is 27. The Kier molecular flexibility index (Phi) is 32.1. The quantitative estimate of drug-likeness (QED) is 0.0368. The number of aromatic nitrogens is 18. The minimum Gasteiger partial charge on any atom is -0.497 e. The number of rotatable bonds is 36. The van der Waals surface area contributed by atoms with Gasteiger partial charge in [-0.1, -0.05) is 61.5 Å². The Morgan fingerprint density at radius 3 is 1.05 bits per heavy atom. The summed E-state index contributed by atoms with van der Waals surface area (Å²) in [5.74, 6) is 7.66. The zero-order chi connectivity index (χ0) is 100. The lowest BCUT2D eigenvalue weighted by atomic mass is 9.99. The fraction of sp³-hybridized carbons (Fsp3) is 0.306. The summed E-state index contributed by atoms with van der Waals surface area (Å²) in [5.41, 5.74) is 22.8. The monoisotopic (exact) mass is 1920 g/mol. The van der Waals surface area contributed by atoms with Gasteiger partial charge in [0.15, 0.2) is 0 Å². The van der Waals surface area contributed by atoms with Gasteiger partial charge in [0.25, 0.3) is 0 Å². The molecule has 18 aromatic rings. The standard InChI is InChI=1S/C29H28N6O2.2C28H36N6O2.C26H26N6O2/c1-34-17-20(15-32-34)29-16-31-27-8-7-21(13-28(27)33-29)35(22-11-23(36-2)14-24(12-22)37-3)18-19-10-25(19)26-6-4-5-9-30-26;1-18(2)28(16-29-19(3)4)34(22-10-23(35-6)13-24(11-22)36-7)21-8-9-25-26(12-21)32-27(15-30-25)20-14-31-33(5)17-20;1-18(2)28(31-19(3)4)17-34(22-10-23(35-6)13-24(11-22)36-7)21-8-9-25-26(12-21)32-27(15-29-25)20-14-30-33(5)16-20;1-30-18-19(16-28-30)26-17-27-24-7-6-20(14-25(24)29-26)32(11-10-31-8-4-5-9-31)21-12-22(33-2)15-23(13-21)34-3/h4-9,11-17,19,25H,10,18H2,1-3H3;8-15,17-19,28-29H,16H2,1-7H3;8-16,18-19,28,31H,17H2,1-7H3;4-9,12-18H,10-11H2,1-3H3/t19-,25+;;;/m0.../s1. The summed E-state index contributed by atoms with van der Waals surface area (Å²) in [4.78, 5) is 52.0. The average Bonchev–Trinajstić information content (AvgIpc) is 1.70. The van der Waals surface area contributed by atoms with Crippen LogP contribution in [0.5, 0.6) is 46.0 Å². The molecule has 1 aliphatic rings. The summed E-state index contributed by atoms with van der Waals surface area (Å²) in [6.07, 6.45) is 29.3. The topological polar surface area (TPSA) is 303 Å². The molecule has 32 heteroatoms. The summed E-state index contributed by atoms with van der Waals surface area (Å²) in [7, 11) is 20.9. The number of fused-ring (bicyclic) bond motifs is 4. The molecule has 0 radical (unpaired) electrons. The van der Waals surface area contributed by atoms with Gasteiger partial charge in [-0.15, -0.1) is 0 Å².